The Bertz CT molecular complexity index is 650. The van der Waals surface area contributed by atoms with Gasteiger partial charge in [-0.2, -0.15) is 0 Å². The average Bonchev–Trinajstić information content (AvgIpc) is 2.63. The van der Waals surface area contributed by atoms with Gasteiger partial charge in [-0.3, -0.25) is 9.59 Å². The predicted octanol–water partition coefficient (Wildman–Crippen LogP) is 0.916. The number of hydrogen-bond donors (Lipinski definition) is 3. The van der Waals surface area contributed by atoms with Gasteiger partial charge in [0.05, 0.1) is 10.8 Å². The molecule has 1 aliphatic heterocycles. The largest absolute Gasteiger partial charge is 0.368 e. The number of nitrogens with one attached hydrogen (secondary N) is 2. The zero-order chi connectivity index (χ0) is 12.7. The van der Waals surface area contributed by atoms with Gasteiger partial charge >= 0.3 is 0 Å². The van der Waals surface area contributed by atoms with Crippen LogP contribution in [0, 0.1) is 0 Å². The smallest absolute Gasteiger partial charge is 0.244 e. The molecule has 18 heavy (non-hydrogen) atoms. The maximum atomic E-state index is 11.5. The highest BCUT2D eigenvalue weighted by Gasteiger charge is 2.29. The van der Waals surface area contributed by atoms with Crippen LogP contribution >= 0.6 is 11.8 Å². The molecule has 0 spiro atoms. The molecule has 0 fully saturated rings. The third-order valence-corrected chi connectivity index (χ3v) is 3.95. The number of nitrogens with two attached hydrogens (primary N) is 1. The number of primary amides is 1. The van der Waals surface area contributed by atoms with E-state index in [0.717, 1.165) is 21.5 Å². The lowest BCUT2D eigenvalue weighted by molar-refractivity contribution is -0.126. The highest BCUT2D eigenvalue weighted by atomic mass is 32.2. The first kappa shape index (κ1) is 11.2. The van der Waals surface area contributed by atoms with Crippen molar-refractivity contribution < 1.29 is 9.59 Å². The summed E-state index contributed by atoms with van der Waals surface area (Å²) in [7, 11) is 0. The van der Waals surface area contributed by atoms with Crippen LogP contribution in [0.25, 0.3) is 10.9 Å². The van der Waals surface area contributed by atoms with Crippen molar-refractivity contribution in [2.24, 2.45) is 5.73 Å². The second-order valence-electron chi connectivity index (χ2n) is 4.10. The van der Waals surface area contributed by atoms with E-state index < -0.39 is 11.9 Å². The van der Waals surface area contributed by atoms with Crippen LogP contribution in [-0.4, -0.2) is 22.6 Å². The second kappa shape index (κ2) is 4.06. The van der Waals surface area contributed by atoms with Crippen molar-refractivity contribution in [3.8, 4) is 0 Å². The number of aromatic nitrogens is 1. The van der Waals surface area contributed by atoms with Crippen LogP contribution in [0.2, 0.25) is 0 Å². The van der Waals surface area contributed by atoms with Crippen LogP contribution < -0.4 is 11.1 Å². The SMILES string of the molecule is NC(=O)C1NC(=O)CSc2[nH]c3ccccc3c21. The summed E-state index contributed by atoms with van der Waals surface area (Å²) in [5.41, 5.74) is 7.10. The summed E-state index contributed by atoms with van der Waals surface area (Å²) in [5, 5.41) is 4.41. The van der Waals surface area contributed by atoms with Crippen molar-refractivity contribution >= 4 is 34.5 Å². The van der Waals surface area contributed by atoms with Crippen molar-refractivity contribution in [2.45, 2.75) is 11.1 Å². The normalized spacial score (nSPS) is 19.1. The van der Waals surface area contributed by atoms with Gasteiger partial charge in [0.25, 0.3) is 0 Å². The molecule has 1 aromatic carbocycles. The molecule has 2 amide bonds. The lowest BCUT2D eigenvalue weighted by atomic mass is 10.1. The molecule has 0 bridgehead atoms. The van der Waals surface area contributed by atoms with Crippen molar-refractivity contribution in [3.63, 3.8) is 0 Å². The number of rotatable bonds is 1. The van der Waals surface area contributed by atoms with Crippen LogP contribution in [0.15, 0.2) is 29.3 Å². The van der Waals surface area contributed by atoms with Gasteiger partial charge < -0.3 is 16.0 Å². The van der Waals surface area contributed by atoms with Gasteiger partial charge in [-0.25, -0.2) is 0 Å². The summed E-state index contributed by atoms with van der Waals surface area (Å²) in [6, 6.07) is 6.90. The first-order valence-corrected chi connectivity index (χ1v) is 6.47. The first-order valence-electron chi connectivity index (χ1n) is 5.49. The van der Waals surface area contributed by atoms with Gasteiger partial charge in [0.15, 0.2) is 0 Å². The zero-order valence-electron chi connectivity index (χ0n) is 9.40. The van der Waals surface area contributed by atoms with Crippen molar-refractivity contribution in [1.82, 2.24) is 10.3 Å². The lowest BCUT2D eigenvalue weighted by Crippen LogP contribution is -2.37. The maximum Gasteiger partial charge on any atom is 0.244 e. The minimum atomic E-state index is -0.765. The van der Waals surface area contributed by atoms with Crippen LogP contribution in [0.1, 0.15) is 11.6 Å². The van der Waals surface area contributed by atoms with E-state index in [2.05, 4.69) is 10.3 Å². The minimum Gasteiger partial charge on any atom is -0.368 e. The molecular weight excluding hydrogens is 250 g/mol. The standard InChI is InChI=1S/C12H11N3O2S/c13-11(17)10-9-6-3-1-2-4-7(6)14-12(9)18-5-8(16)15-10/h1-4,10,14H,5H2,(H2,13,17)(H,15,16). The number of fused-ring (bicyclic) bond motifs is 3. The molecule has 0 saturated carbocycles. The predicted molar refractivity (Wildman–Crippen MR) is 69.1 cm³/mol. The molecule has 1 aliphatic rings. The summed E-state index contributed by atoms with van der Waals surface area (Å²) in [6.45, 7) is 0. The summed E-state index contributed by atoms with van der Waals surface area (Å²) < 4.78 is 0. The van der Waals surface area contributed by atoms with Gasteiger partial charge in [-0.1, -0.05) is 30.0 Å². The Hall–Kier alpha value is -1.95. The number of amides is 2. The van der Waals surface area contributed by atoms with Gasteiger partial charge in [0.2, 0.25) is 11.8 Å². The molecular formula is C12H11N3O2S. The van der Waals surface area contributed by atoms with E-state index in [4.69, 9.17) is 5.73 Å². The molecule has 4 N–H and O–H groups in total. The molecule has 0 aliphatic carbocycles. The van der Waals surface area contributed by atoms with Gasteiger partial charge in [-0.15, -0.1) is 0 Å². The highest BCUT2D eigenvalue weighted by Crippen LogP contribution is 2.35. The Morgan fingerprint density at radius 3 is 2.94 bits per heavy atom. The average molecular weight is 261 g/mol. The van der Waals surface area contributed by atoms with Crippen molar-refractivity contribution in [2.75, 3.05) is 5.75 Å². The molecule has 1 atom stereocenters. The van der Waals surface area contributed by atoms with Crippen LogP contribution in [0.5, 0.6) is 0 Å². The quantitative estimate of drug-likeness (QED) is 0.713. The molecule has 2 aromatic rings. The number of carbonyl (C=O) groups excluding carboxylic acids is 2. The van der Waals surface area contributed by atoms with E-state index in [1.807, 2.05) is 24.3 Å². The van der Waals surface area contributed by atoms with Crippen LogP contribution in [0.3, 0.4) is 0 Å². The number of benzene rings is 1. The molecule has 3 rings (SSSR count). The van der Waals surface area contributed by atoms with Gasteiger partial charge in [0, 0.05) is 16.5 Å². The van der Waals surface area contributed by atoms with E-state index in [1.165, 1.54) is 11.8 Å². The van der Waals surface area contributed by atoms with E-state index >= 15 is 0 Å². The fourth-order valence-corrected chi connectivity index (χ4v) is 3.09. The second-order valence-corrected chi connectivity index (χ2v) is 5.09. The first-order chi connectivity index (χ1) is 8.66. The molecule has 5 nitrogen and oxygen atoms in total. The summed E-state index contributed by atoms with van der Waals surface area (Å²) in [4.78, 5) is 26.3. The lowest BCUT2D eigenvalue weighted by Gasteiger charge is -2.12. The number of thioether (sulfide) groups is 1. The number of para-hydroxylation sites is 1. The van der Waals surface area contributed by atoms with E-state index in [-0.39, 0.29) is 11.7 Å². The van der Waals surface area contributed by atoms with Crippen LogP contribution in [-0.2, 0) is 9.59 Å². The summed E-state index contributed by atoms with van der Waals surface area (Å²) in [5.74, 6) is -0.446. The van der Waals surface area contributed by atoms with E-state index in [0.29, 0.717) is 0 Å². The topological polar surface area (TPSA) is 88.0 Å². The molecule has 6 heteroatoms. The highest BCUT2D eigenvalue weighted by molar-refractivity contribution is 8.00. The summed E-state index contributed by atoms with van der Waals surface area (Å²) >= 11 is 1.39. The monoisotopic (exact) mass is 261 g/mol. The fourth-order valence-electron chi connectivity index (χ4n) is 2.17. The number of H-pyrrole nitrogens is 1. The van der Waals surface area contributed by atoms with Crippen molar-refractivity contribution in [1.29, 1.82) is 0 Å². The fraction of sp³-hybridized carbons (Fsp3) is 0.167. The molecule has 92 valence electrons. The summed E-state index contributed by atoms with van der Waals surface area (Å²) in [6.07, 6.45) is 0. The number of carbonyl (C=O) groups is 2. The van der Waals surface area contributed by atoms with Crippen LogP contribution in [0.4, 0.5) is 0 Å². The Morgan fingerprint density at radius 2 is 2.17 bits per heavy atom. The van der Waals surface area contributed by atoms with E-state index in [1.54, 1.807) is 0 Å². The van der Waals surface area contributed by atoms with Crippen molar-refractivity contribution in [3.05, 3.63) is 29.8 Å². The molecule has 0 saturated heterocycles. The maximum absolute atomic E-state index is 11.5. The number of aromatic amines is 1. The third kappa shape index (κ3) is 1.65. The number of hydrogen-bond acceptors (Lipinski definition) is 3. The van der Waals surface area contributed by atoms with E-state index in [9.17, 15) is 9.59 Å². The molecule has 2 heterocycles. The molecule has 0 radical (unpaired) electrons. The zero-order valence-corrected chi connectivity index (χ0v) is 10.2. The molecule has 1 aromatic heterocycles. The third-order valence-electron chi connectivity index (χ3n) is 2.94. The van der Waals surface area contributed by atoms with Gasteiger partial charge in [0.1, 0.15) is 6.04 Å². The van der Waals surface area contributed by atoms with Gasteiger partial charge in [-0.05, 0) is 6.07 Å². The Labute approximate surface area is 107 Å². The molecule has 1 unspecified atom stereocenters. The Kier molecular flexibility index (Phi) is 2.52. The minimum absolute atomic E-state index is 0.183. The Morgan fingerprint density at radius 1 is 1.39 bits per heavy atom. The Balaban J connectivity index is 2.25.